The predicted octanol–water partition coefficient (Wildman–Crippen LogP) is 5.22. The molecule has 0 aromatic heterocycles. The fourth-order valence-corrected chi connectivity index (χ4v) is 5.95. The molecule has 1 unspecified atom stereocenters. The Bertz CT molecular complexity index is 1340. The fraction of sp³-hybridized carbons (Fsp3) is 0.296. The van der Waals surface area contributed by atoms with Gasteiger partial charge in [0.05, 0.1) is 23.7 Å². The van der Waals surface area contributed by atoms with Crippen molar-refractivity contribution in [1.82, 2.24) is 5.32 Å². The van der Waals surface area contributed by atoms with Crippen molar-refractivity contribution in [1.29, 1.82) is 0 Å². The Balaban J connectivity index is 1.64. The number of hydrogen-bond acceptors (Lipinski definition) is 4. The molecular weight excluding hydrogens is 484 g/mol. The second-order valence-corrected chi connectivity index (χ2v) is 11.1. The van der Waals surface area contributed by atoms with Gasteiger partial charge in [0.15, 0.2) is 0 Å². The maximum atomic E-state index is 13.7. The van der Waals surface area contributed by atoms with E-state index < -0.39 is 22.5 Å². The minimum atomic E-state index is -4.09. The summed E-state index contributed by atoms with van der Waals surface area (Å²) in [7, 11) is -2.65. The number of nitrogens with one attached hydrogen (secondary N) is 1. The number of anilines is 1. The van der Waals surface area contributed by atoms with Crippen LogP contribution in [-0.2, 0) is 27.7 Å². The van der Waals surface area contributed by atoms with Crippen molar-refractivity contribution in [2.75, 3.05) is 18.0 Å². The van der Waals surface area contributed by atoms with Crippen LogP contribution in [0.15, 0.2) is 65.6 Å². The van der Waals surface area contributed by atoms with Crippen molar-refractivity contribution >= 4 is 33.2 Å². The summed E-state index contributed by atoms with van der Waals surface area (Å²) in [6.07, 6.45) is 3.28. The summed E-state index contributed by atoms with van der Waals surface area (Å²) in [5, 5.41) is 3.28. The van der Waals surface area contributed by atoms with Crippen molar-refractivity contribution in [2.24, 2.45) is 0 Å². The van der Waals surface area contributed by atoms with Gasteiger partial charge in [0.25, 0.3) is 10.0 Å². The lowest BCUT2D eigenvalue weighted by Gasteiger charge is -2.26. The number of hydrogen-bond donors (Lipinski definition) is 1. The normalized spacial score (nSPS) is 13.7. The van der Waals surface area contributed by atoms with Crippen LogP contribution in [0.3, 0.4) is 0 Å². The smallest absolute Gasteiger partial charge is 0.264 e. The predicted molar refractivity (Wildman–Crippen MR) is 139 cm³/mol. The second kappa shape index (κ2) is 10.3. The lowest BCUT2D eigenvalue weighted by Crippen LogP contribution is -2.41. The first-order valence-corrected chi connectivity index (χ1v) is 13.3. The first kappa shape index (κ1) is 25.1. The van der Waals surface area contributed by atoms with E-state index >= 15 is 0 Å². The second-order valence-electron chi connectivity index (χ2n) is 8.81. The van der Waals surface area contributed by atoms with Gasteiger partial charge in [0.1, 0.15) is 12.3 Å². The van der Waals surface area contributed by atoms with E-state index in [1.54, 1.807) is 24.3 Å². The van der Waals surface area contributed by atoms with Gasteiger partial charge in [-0.05, 0) is 80.1 Å². The lowest BCUT2D eigenvalue weighted by molar-refractivity contribution is -0.120. The van der Waals surface area contributed by atoms with E-state index in [4.69, 9.17) is 16.3 Å². The van der Waals surface area contributed by atoms with E-state index in [2.05, 4.69) is 17.4 Å². The van der Waals surface area contributed by atoms with E-state index in [0.29, 0.717) is 10.8 Å². The molecule has 0 saturated heterocycles. The Kier molecular flexibility index (Phi) is 7.38. The van der Waals surface area contributed by atoms with Gasteiger partial charge in [-0.3, -0.25) is 9.10 Å². The SMILES string of the molecule is COc1ccc(Cl)cc1N(CC(=O)NC(C)c1ccc2c(c1)CCC2)S(=O)(=O)c1ccc(C)cc1. The minimum Gasteiger partial charge on any atom is -0.495 e. The largest absolute Gasteiger partial charge is 0.495 e. The van der Waals surface area contributed by atoms with Crippen LogP contribution >= 0.6 is 11.6 Å². The Morgan fingerprint density at radius 1 is 1.06 bits per heavy atom. The number of carbonyl (C=O) groups excluding carboxylic acids is 1. The van der Waals surface area contributed by atoms with E-state index in [1.165, 1.54) is 36.4 Å². The Hall–Kier alpha value is -3.03. The van der Waals surface area contributed by atoms with E-state index in [0.717, 1.165) is 34.7 Å². The first-order chi connectivity index (χ1) is 16.7. The van der Waals surface area contributed by atoms with Crippen LogP contribution in [-0.4, -0.2) is 28.0 Å². The molecule has 3 aromatic rings. The van der Waals surface area contributed by atoms with Gasteiger partial charge in [0.2, 0.25) is 5.91 Å². The summed E-state index contributed by atoms with van der Waals surface area (Å²) in [5.74, 6) is -0.139. The van der Waals surface area contributed by atoms with Crippen molar-refractivity contribution < 1.29 is 17.9 Å². The highest BCUT2D eigenvalue weighted by Crippen LogP contribution is 2.35. The van der Waals surface area contributed by atoms with E-state index in [-0.39, 0.29) is 16.6 Å². The molecule has 1 atom stereocenters. The van der Waals surface area contributed by atoms with E-state index in [9.17, 15) is 13.2 Å². The standard InChI is InChI=1S/C27H29ClN2O4S/c1-18-7-12-24(13-8-18)35(32,33)30(25-16-23(28)11-14-26(25)34-3)17-27(31)29-19(2)21-10-9-20-5-4-6-22(20)15-21/h7-16,19H,4-6,17H2,1-3H3,(H,29,31). The summed E-state index contributed by atoms with van der Waals surface area (Å²) >= 11 is 6.20. The van der Waals surface area contributed by atoms with Crippen LogP contribution < -0.4 is 14.4 Å². The van der Waals surface area contributed by atoms with Crippen LogP contribution in [0.5, 0.6) is 5.75 Å². The first-order valence-electron chi connectivity index (χ1n) is 11.5. The van der Waals surface area contributed by atoms with Gasteiger partial charge in [0, 0.05) is 5.02 Å². The molecule has 1 aliphatic carbocycles. The number of carbonyl (C=O) groups is 1. The van der Waals surface area contributed by atoms with Crippen LogP contribution in [0.2, 0.25) is 5.02 Å². The third kappa shape index (κ3) is 5.46. The molecule has 4 rings (SSSR count). The van der Waals surface area contributed by atoms with Gasteiger partial charge >= 0.3 is 0 Å². The molecule has 0 heterocycles. The minimum absolute atomic E-state index is 0.0737. The van der Waals surface area contributed by atoms with Gasteiger partial charge < -0.3 is 10.1 Å². The van der Waals surface area contributed by atoms with Crippen LogP contribution in [0.25, 0.3) is 0 Å². The van der Waals surface area contributed by atoms with Crippen molar-refractivity contribution in [3.63, 3.8) is 0 Å². The molecular formula is C27H29ClN2O4S. The number of nitrogens with zero attached hydrogens (tertiary/aromatic N) is 1. The number of aryl methyl sites for hydroxylation is 3. The summed E-state index contributed by atoms with van der Waals surface area (Å²) in [4.78, 5) is 13.2. The molecule has 1 N–H and O–H groups in total. The molecule has 8 heteroatoms. The molecule has 0 bridgehead atoms. The molecule has 35 heavy (non-hydrogen) atoms. The third-order valence-corrected chi connectivity index (χ3v) is 8.31. The van der Waals surface area contributed by atoms with Crippen LogP contribution in [0.4, 0.5) is 5.69 Å². The molecule has 0 aliphatic heterocycles. The Morgan fingerprint density at radius 2 is 1.77 bits per heavy atom. The molecule has 184 valence electrons. The summed E-state index contributed by atoms with van der Waals surface area (Å²) in [5.41, 5.74) is 4.79. The summed E-state index contributed by atoms with van der Waals surface area (Å²) in [6.45, 7) is 3.34. The Morgan fingerprint density at radius 3 is 2.49 bits per heavy atom. The van der Waals surface area contributed by atoms with Gasteiger partial charge in [-0.2, -0.15) is 0 Å². The number of benzene rings is 3. The fourth-order valence-electron chi connectivity index (χ4n) is 4.36. The molecule has 0 fully saturated rings. The number of halogens is 1. The summed E-state index contributed by atoms with van der Waals surface area (Å²) in [6, 6.07) is 17.2. The third-order valence-electron chi connectivity index (χ3n) is 6.31. The summed E-state index contributed by atoms with van der Waals surface area (Å²) < 4.78 is 33.8. The molecule has 1 amide bonds. The van der Waals surface area contributed by atoms with Gasteiger partial charge in [-0.1, -0.05) is 47.5 Å². The number of rotatable bonds is 8. The lowest BCUT2D eigenvalue weighted by atomic mass is 10.0. The molecule has 1 aliphatic rings. The average Bonchev–Trinajstić information content (AvgIpc) is 3.30. The average molecular weight is 513 g/mol. The maximum absolute atomic E-state index is 13.7. The quantitative estimate of drug-likeness (QED) is 0.449. The zero-order valence-electron chi connectivity index (χ0n) is 20.0. The molecule has 0 radical (unpaired) electrons. The molecule has 6 nitrogen and oxygen atoms in total. The zero-order chi connectivity index (χ0) is 25.2. The van der Waals surface area contributed by atoms with Crippen LogP contribution in [0, 0.1) is 6.92 Å². The molecule has 0 saturated carbocycles. The van der Waals surface area contributed by atoms with Gasteiger partial charge in [-0.15, -0.1) is 0 Å². The van der Waals surface area contributed by atoms with Crippen molar-refractivity contribution in [2.45, 2.75) is 44.0 Å². The monoisotopic (exact) mass is 512 g/mol. The zero-order valence-corrected chi connectivity index (χ0v) is 21.6. The number of sulfonamides is 1. The number of methoxy groups -OCH3 is 1. The van der Waals surface area contributed by atoms with Gasteiger partial charge in [-0.25, -0.2) is 8.42 Å². The van der Waals surface area contributed by atoms with E-state index in [1.807, 2.05) is 19.9 Å². The number of amides is 1. The highest BCUT2D eigenvalue weighted by Gasteiger charge is 2.30. The van der Waals surface area contributed by atoms with Crippen LogP contribution in [0.1, 0.15) is 41.6 Å². The van der Waals surface area contributed by atoms with Crippen molar-refractivity contribution in [3.05, 3.63) is 87.9 Å². The highest BCUT2D eigenvalue weighted by atomic mass is 35.5. The highest BCUT2D eigenvalue weighted by molar-refractivity contribution is 7.92. The maximum Gasteiger partial charge on any atom is 0.264 e. The number of ether oxygens (including phenoxy) is 1. The molecule has 0 spiro atoms. The number of fused-ring (bicyclic) bond motifs is 1. The Labute approximate surface area is 211 Å². The topological polar surface area (TPSA) is 75.7 Å². The van der Waals surface area contributed by atoms with Crippen molar-refractivity contribution in [3.8, 4) is 5.75 Å². The molecule has 3 aromatic carbocycles.